The highest BCUT2D eigenvalue weighted by molar-refractivity contribution is 9.10. The van der Waals surface area contributed by atoms with E-state index in [1.54, 1.807) is 18.2 Å². The van der Waals surface area contributed by atoms with Crippen molar-refractivity contribution >= 4 is 32.7 Å². The zero-order valence-electron chi connectivity index (χ0n) is 11.8. The van der Waals surface area contributed by atoms with Crippen molar-refractivity contribution in [3.63, 3.8) is 0 Å². The highest BCUT2D eigenvalue weighted by Crippen LogP contribution is 2.27. The molecule has 0 aliphatic rings. The first-order valence-corrected chi connectivity index (χ1v) is 7.77. The monoisotopic (exact) mass is 358 g/mol. The number of benzene rings is 2. The van der Waals surface area contributed by atoms with Gasteiger partial charge in [0.1, 0.15) is 5.75 Å². The summed E-state index contributed by atoms with van der Waals surface area (Å²) < 4.78 is 0.511. The second-order valence-corrected chi connectivity index (χ2v) is 5.86. The van der Waals surface area contributed by atoms with E-state index in [2.05, 4.69) is 32.3 Å². The van der Waals surface area contributed by atoms with Crippen LogP contribution in [0, 0.1) is 0 Å². The van der Waals surface area contributed by atoms with E-state index in [1.807, 2.05) is 24.4 Å². The van der Waals surface area contributed by atoms with Crippen molar-refractivity contribution in [2.24, 2.45) is 0 Å². The van der Waals surface area contributed by atoms with E-state index in [0.717, 1.165) is 17.5 Å². The predicted molar refractivity (Wildman–Crippen MR) is 90.1 cm³/mol. The summed E-state index contributed by atoms with van der Waals surface area (Å²) in [6, 6.07) is 13.1. The number of phenols is 1. The SMILES string of the molecule is O=C(NCCc1c[nH]c2ccccc12)c1cccc(Br)c1O. The summed E-state index contributed by atoms with van der Waals surface area (Å²) in [6.45, 7) is 0.507. The number of hydrogen-bond acceptors (Lipinski definition) is 2. The third-order valence-electron chi connectivity index (χ3n) is 3.59. The normalized spacial score (nSPS) is 10.8. The van der Waals surface area contributed by atoms with Gasteiger partial charge < -0.3 is 15.4 Å². The lowest BCUT2D eigenvalue weighted by molar-refractivity contribution is 0.0951. The van der Waals surface area contributed by atoms with E-state index < -0.39 is 0 Å². The number of hydrogen-bond donors (Lipinski definition) is 3. The van der Waals surface area contributed by atoms with Gasteiger partial charge in [0.2, 0.25) is 0 Å². The number of aromatic hydroxyl groups is 1. The predicted octanol–water partition coefficient (Wildman–Crippen LogP) is 3.61. The number of halogens is 1. The summed E-state index contributed by atoms with van der Waals surface area (Å²) in [5, 5.41) is 13.9. The Morgan fingerprint density at radius 1 is 1.18 bits per heavy atom. The summed E-state index contributed by atoms with van der Waals surface area (Å²) >= 11 is 3.21. The molecule has 3 rings (SSSR count). The third kappa shape index (κ3) is 2.85. The van der Waals surface area contributed by atoms with Gasteiger partial charge in [-0.1, -0.05) is 24.3 Å². The van der Waals surface area contributed by atoms with Crippen LogP contribution in [0.2, 0.25) is 0 Å². The number of fused-ring (bicyclic) bond motifs is 1. The number of nitrogens with one attached hydrogen (secondary N) is 2. The number of H-pyrrole nitrogens is 1. The molecular formula is C17H15BrN2O2. The van der Waals surface area contributed by atoms with Crippen LogP contribution in [0.3, 0.4) is 0 Å². The van der Waals surface area contributed by atoms with E-state index in [0.29, 0.717) is 11.0 Å². The van der Waals surface area contributed by atoms with Crippen molar-refractivity contribution < 1.29 is 9.90 Å². The molecule has 0 saturated heterocycles. The minimum Gasteiger partial charge on any atom is -0.506 e. The molecule has 22 heavy (non-hydrogen) atoms. The standard InChI is InChI=1S/C17H15BrN2O2/c18-14-6-3-5-13(16(14)21)17(22)19-9-8-11-10-20-15-7-2-1-4-12(11)15/h1-7,10,20-21H,8-9H2,(H,19,22). The summed E-state index contributed by atoms with van der Waals surface area (Å²) in [5.41, 5.74) is 2.52. The van der Waals surface area contributed by atoms with E-state index >= 15 is 0 Å². The maximum atomic E-state index is 12.1. The number of carbonyl (C=O) groups excluding carboxylic acids is 1. The van der Waals surface area contributed by atoms with Gasteiger partial charge in [0, 0.05) is 23.6 Å². The molecular weight excluding hydrogens is 344 g/mol. The second-order valence-electron chi connectivity index (χ2n) is 5.00. The van der Waals surface area contributed by atoms with Crippen LogP contribution in [0.25, 0.3) is 10.9 Å². The summed E-state index contributed by atoms with van der Waals surface area (Å²) in [5.74, 6) is -0.314. The number of amides is 1. The Kier molecular flexibility index (Phi) is 4.15. The topological polar surface area (TPSA) is 65.1 Å². The van der Waals surface area contributed by atoms with Crippen LogP contribution in [-0.2, 0) is 6.42 Å². The van der Waals surface area contributed by atoms with Gasteiger partial charge in [-0.25, -0.2) is 0 Å². The molecule has 4 nitrogen and oxygen atoms in total. The maximum absolute atomic E-state index is 12.1. The molecule has 1 aromatic heterocycles. The molecule has 0 spiro atoms. The average molecular weight is 359 g/mol. The van der Waals surface area contributed by atoms with Crippen molar-refractivity contribution in [2.45, 2.75) is 6.42 Å². The molecule has 3 N–H and O–H groups in total. The number of phenolic OH excluding ortho intramolecular Hbond substituents is 1. The molecule has 1 amide bonds. The van der Waals surface area contributed by atoms with E-state index in [-0.39, 0.29) is 17.2 Å². The van der Waals surface area contributed by atoms with Crippen LogP contribution < -0.4 is 5.32 Å². The van der Waals surface area contributed by atoms with Crippen LogP contribution in [-0.4, -0.2) is 22.5 Å². The van der Waals surface area contributed by atoms with Crippen molar-refractivity contribution in [3.8, 4) is 5.75 Å². The number of aromatic amines is 1. The fourth-order valence-electron chi connectivity index (χ4n) is 2.44. The Morgan fingerprint density at radius 3 is 2.86 bits per heavy atom. The van der Waals surface area contributed by atoms with E-state index in [4.69, 9.17) is 0 Å². The van der Waals surface area contributed by atoms with Crippen LogP contribution in [0.4, 0.5) is 0 Å². The molecule has 112 valence electrons. The Labute approximate surface area is 136 Å². The van der Waals surface area contributed by atoms with Gasteiger partial charge in [-0.15, -0.1) is 0 Å². The minimum atomic E-state index is -0.279. The fraction of sp³-hybridized carbons (Fsp3) is 0.118. The molecule has 1 heterocycles. The second kappa shape index (κ2) is 6.23. The van der Waals surface area contributed by atoms with Crippen molar-refractivity contribution in [3.05, 3.63) is 64.3 Å². The lowest BCUT2D eigenvalue weighted by Crippen LogP contribution is -2.25. The molecule has 0 saturated carbocycles. The quantitative estimate of drug-likeness (QED) is 0.666. The summed E-state index contributed by atoms with van der Waals surface area (Å²) in [7, 11) is 0. The smallest absolute Gasteiger partial charge is 0.255 e. The van der Waals surface area contributed by atoms with Crippen molar-refractivity contribution in [1.29, 1.82) is 0 Å². The minimum absolute atomic E-state index is 0.0351. The Morgan fingerprint density at radius 2 is 2.00 bits per heavy atom. The molecule has 2 aromatic carbocycles. The number of carbonyl (C=O) groups is 1. The zero-order valence-corrected chi connectivity index (χ0v) is 13.4. The lowest BCUT2D eigenvalue weighted by Gasteiger charge is -2.07. The maximum Gasteiger partial charge on any atom is 0.255 e. The molecule has 0 aliphatic carbocycles. The first-order valence-electron chi connectivity index (χ1n) is 6.97. The van der Waals surface area contributed by atoms with Crippen LogP contribution >= 0.6 is 15.9 Å². The summed E-state index contributed by atoms with van der Waals surface area (Å²) in [6.07, 6.45) is 2.69. The molecule has 0 atom stereocenters. The summed E-state index contributed by atoms with van der Waals surface area (Å²) in [4.78, 5) is 15.3. The Balaban J connectivity index is 1.66. The molecule has 0 unspecified atom stereocenters. The third-order valence-corrected chi connectivity index (χ3v) is 4.23. The first kappa shape index (κ1) is 14.7. The van der Waals surface area contributed by atoms with E-state index in [1.165, 1.54) is 5.39 Å². The molecule has 0 bridgehead atoms. The molecule has 3 aromatic rings. The van der Waals surface area contributed by atoms with Gasteiger partial charge in [0.25, 0.3) is 5.91 Å². The van der Waals surface area contributed by atoms with Gasteiger partial charge in [0.15, 0.2) is 0 Å². The highest BCUT2D eigenvalue weighted by atomic mass is 79.9. The molecule has 0 fully saturated rings. The van der Waals surface area contributed by atoms with Gasteiger partial charge in [0.05, 0.1) is 10.0 Å². The molecule has 5 heteroatoms. The highest BCUT2D eigenvalue weighted by Gasteiger charge is 2.12. The first-order chi connectivity index (χ1) is 10.7. The number of aromatic nitrogens is 1. The number of para-hydroxylation sites is 2. The van der Waals surface area contributed by atoms with Gasteiger partial charge in [-0.05, 0) is 46.1 Å². The Bertz CT molecular complexity index is 826. The van der Waals surface area contributed by atoms with Crippen LogP contribution in [0.15, 0.2) is 53.1 Å². The zero-order chi connectivity index (χ0) is 15.5. The van der Waals surface area contributed by atoms with Crippen LogP contribution in [0.1, 0.15) is 15.9 Å². The van der Waals surface area contributed by atoms with Crippen LogP contribution in [0.5, 0.6) is 5.75 Å². The number of rotatable bonds is 4. The lowest BCUT2D eigenvalue weighted by atomic mass is 10.1. The van der Waals surface area contributed by atoms with Gasteiger partial charge in [-0.3, -0.25) is 4.79 Å². The fourth-order valence-corrected chi connectivity index (χ4v) is 2.81. The van der Waals surface area contributed by atoms with E-state index in [9.17, 15) is 9.90 Å². The largest absolute Gasteiger partial charge is 0.506 e. The molecule has 0 aliphatic heterocycles. The van der Waals surface area contributed by atoms with Crippen molar-refractivity contribution in [2.75, 3.05) is 6.54 Å². The Hall–Kier alpha value is -2.27. The van der Waals surface area contributed by atoms with Crippen molar-refractivity contribution in [1.82, 2.24) is 10.3 Å². The molecule has 0 radical (unpaired) electrons. The van der Waals surface area contributed by atoms with Gasteiger partial charge in [-0.2, -0.15) is 0 Å². The average Bonchev–Trinajstić information content (AvgIpc) is 2.93. The van der Waals surface area contributed by atoms with Gasteiger partial charge >= 0.3 is 0 Å².